The minimum atomic E-state index is -0.203. The summed E-state index contributed by atoms with van der Waals surface area (Å²) in [5.74, 6) is 4.30. The van der Waals surface area contributed by atoms with Crippen LogP contribution < -0.4 is 19.5 Å². The normalized spacial score (nSPS) is 24.8. The number of ether oxygens (including phenoxy) is 3. The number of quaternary nitrogens is 1. The Morgan fingerprint density at radius 3 is 2.47 bits per heavy atom. The van der Waals surface area contributed by atoms with Gasteiger partial charge in [0.05, 0.1) is 46.6 Å². The van der Waals surface area contributed by atoms with Crippen molar-refractivity contribution >= 4 is 5.69 Å². The largest absolute Gasteiger partial charge is 0.494 e. The Kier molecular flexibility index (Phi) is 10.8. The predicted octanol–water partition coefficient (Wildman–Crippen LogP) is 6.65. The van der Waals surface area contributed by atoms with Crippen LogP contribution in [0.3, 0.4) is 0 Å². The molecule has 2 fully saturated rings. The standard InChI is InChI=1S/C36H57N4O3/c1-27(29-11-7-12-30(24-29)38(2)3)10-8-22-41-32-15-13-28(14-16-32)36-37-34-25-33(17-18-35(34)43-36)42-23-9-20-39-21-19-31(26-39)40(4,5)6/h13-18,25,27,29-31,36-37H,7-12,19-24,26H2,1-6H3/q+1. The maximum atomic E-state index is 6.20. The van der Waals surface area contributed by atoms with Crippen molar-refractivity contribution in [1.82, 2.24) is 9.80 Å². The van der Waals surface area contributed by atoms with Crippen LogP contribution in [0.4, 0.5) is 5.69 Å². The Morgan fingerprint density at radius 2 is 1.72 bits per heavy atom. The van der Waals surface area contributed by atoms with Crippen LogP contribution in [-0.4, -0.2) is 94.5 Å². The van der Waals surface area contributed by atoms with Crippen molar-refractivity contribution in [3.63, 3.8) is 0 Å². The average Bonchev–Trinajstić information content (AvgIpc) is 3.65. The highest BCUT2D eigenvalue weighted by Gasteiger charge is 2.32. The van der Waals surface area contributed by atoms with Crippen molar-refractivity contribution < 1.29 is 18.7 Å². The second kappa shape index (κ2) is 14.5. The van der Waals surface area contributed by atoms with Gasteiger partial charge in [-0.15, -0.1) is 0 Å². The van der Waals surface area contributed by atoms with E-state index in [9.17, 15) is 0 Å². The molecular weight excluding hydrogens is 536 g/mol. The van der Waals surface area contributed by atoms with Gasteiger partial charge < -0.3 is 28.9 Å². The maximum Gasteiger partial charge on any atom is 0.196 e. The molecule has 0 spiro atoms. The lowest BCUT2D eigenvalue weighted by atomic mass is 9.77. The van der Waals surface area contributed by atoms with Crippen LogP contribution in [0.25, 0.3) is 0 Å². The van der Waals surface area contributed by atoms with E-state index in [1.165, 1.54) is 51.6 Å². The molecule has 5 atom stereocenters. The van der Waals surface area contributed by atoms with Gasteiger partial charge in [-0.25, -0.2) is 0 Å². The lowest BCUT2D eigenvalue weighted by Crippen LogP contribution is -2.46. The molecule has 1 saturated carbocycles. The van der Waals surface area contributed by atoms with Gasteiger partial charge >= 0.3 is 0 Å². The van der Waals surface area contributed by atoms with Crippen LogP contribution in [0.5, 0.6) is 17.2 Å². The molecule has 2 heterocycles. The second-order valence-electron chi connectivity index (χ2n) is 14.4. The number of likely N-dealkylation sites (tertiary alicyclic amines) is 1. The Morgan fingerprint density at radius 1 is 0.977 bits per heavy atom. The lowest BCUT2D eigenvalue weighted by Gasteiger charge is -2.36. The fourth-order valence-electron chi connectivity index (χ4n) is 7.15. The molecule has 238 valence electrons. The fourth-order valence-corrected chi connectivity index (χ4v) is 7.15. The van der Waals surface area contributed by atoms with Gasteiger partial charge in [0.25, 0.3) is 0 Å². The van der Waals surface area contributed by atoms with Crippen molar-refractivity contribution in [3.8, 4) is 17.2 Å². The number of hydrogen-bond donors (Lipinski definition) is 1. The van der Waals surface area contributed by atoms with E-state index in [0.717, 1.165) is 89.5 Å². The van der Waals surface area contributed by atoms with Gasteiger partial charge in [0, 0.05) is 37.2 Å². The molecule has 2 aromatic rings. The summed E-state index contributed by atoms with van der Waals surface area (Å²) in [6.45, 7) is 7.43. The van der Waals surface area contributed by atoms with E-state index in [-0.39, 0.29) is 6.23 Å². The number of nitrogens with zero attached hydrogens (tertiary/aromatic N) is 3. The van der Waals surface area contributed by atoms with E-state index in [2.05, 4.69) is 87.6 Å². The third kappa shape index (κ3) is 8.80. The van der Waals surface area contributed by atoms with E-state index < -0.39 is 0 Å². The third-order valence-electron chi connectivity index (χ3n) is 10.2. The minimum Gasteiger partial charge on any atom is -0.494 e. The summed E-state index contributed by atoms with van der Waals surface area (Å²) in [6.07, 6.45) is 9.94. The Hall–Kier alpha value is -2.48. The van der Waals surface area contributed by atoms with Crippen molar-refractivity contribution in [2.45, 2.75) is 76.6 Å². The zero-order chi connectivity index (χ0) is 30.4. The minimum absolute atomic E-state index is 0.203. The predicted molar refractivity (Wildman–Crippen MR) is 176 cm³/mol. The van der Waals surface area contributed by atoms with Crippen LogP contribution in [0, 0.1) is 11.8 Å². The van der Waals surface area contributed by atoms with Gasteiger partial charge in [-0.05, 0) is 94.4 Å². The summed E-state index contributed by atoms with van der Waals surface area (Å²) in [5, 5.41) is 3.51. The van der Waals surface area contributed by atoms with E-state index >= 15 is 0 Å². The summed E-state index contributed by atoms with van der Waals surface area (Å²) in [4.78, 5) is 5.00. The highest BCUT2D eigenvalue weighted by molar-refractivity contribution is 5.63. The number of nitrogens with one attached hydrogen (secondary N) is 1. The topological polar surface area (TPSA) is 46.2 Å². The summed E-state index contributed by atoms with van der Waals surface area (Å²) < 4.78 is 19.5. The van der Waals surface area contributed by atoms with Gasteiger partial charge in [-0.3, -0.25) is 4.90 Å². The monoisotopic (exact) mass is 593 g/mol. The maximum absolute atomic E-state index is 6.20. The molecule has 1 aliphatic carbocycles. The van der Waals surface area contributed by atoms with Crippen molar-refractivity contribution in [2.24, 2.45) is 11.8 Å². The highest BCUT2D eigenvalue weighted by atomic mass is 16.5. The number of benzene rings is 2. The number of hydrogen-bond acceptors (Lipinski definition) is 6. The number of anilines is 1. The molecule has 0 radical (unpaired) electrons. The van der Waals surface area contributed by atoms with Crippen LogP contribution >= 0.6 is 0 Å². The van der Waals surface area contributed by atoms with Gasteiger partial charge in [0.2, 0.25) is 0 Å². The molecule has 43 heavy (non-hydrogen) atoms. The van der Waals surface area contributed by atoms with E-state index in [0.29, 0.717) is 0 Å². The average molecular weight is 594 g/mol. The summed E-state index contributed by atoms with van der Waals surface area (Å²) in [5.41, 5.74) is 2.07. The Labute approximate surface area is 261 Å². The molecule has 5 unspecified atom stereocenters. The first-order valence-electron chi connectivity index (χ1n) is 16.8. The molecule has 2 aromatic carbocycles. The zero-order valence-electron chi connectivity index (χ0n) is 27.7. The van der Waals surface area contributed by atoms with Crippen molar-refractivity contribution in [1.29, 1.82) is 0 Å². The summed E-state index contributed by atoms with van der Waals surface area (Å²) >= 11 is 0. The molecule has 0 aromatic heterocycles. The molecule has 0 amide bonds. The van der Waals surface area contributed by atoms with Gasteiger partial charge in [0.15, 0.2) is 6.23 Å². The van der Waals surface area contributed by atoms with Crippen LogP contribution in [-0.2, 0) is 0 Å². The number of rotatable bonds is 14. The molecule has 1 N–H and O–H groups in total. The number of likely N-dealkylation sites (N-methyl/N-ethyl adjacent to an activating group) is 1. The zero-order valence-corrected chi connectivity index (χ0v) is 27.7. The second-order valence-corrected chi connectivity index (χ2v) is 14.4. The van der Waals surface area contributed by atoms with Gasteiger partial charge in [0.1, 0.15) is 23.3 Å². The molecule has 1 saturated heterocycles. The first kappa shape index (κ1) is 31.9. The Bertz CT molecular complexity index is 1150. The molecule has 0 bridgehead atoms. The molecular formula is C36H57N4O3+. The van der Waals surface area contributed by atoms with Gasteiger partial charge in [-0.1, -0.05) is 19.8 Å². The number of fused-ring (bicyclic) bond motifs is 1. The Balaban J connectivity index is 0.998. The quantitative estimate of drug-likeness (QED) is 0.195. The van der Waals surface area contributed by atoms with Crippen LogP contribution in [0.15, 0.2) is 42.5 Å². The van der Waals surface area contributed by atoms with Crippen molar-refractivity contribution in [3.05, 3.63) is 48.0 Å². The first-order valence-corrected chi connectivity index (χ1v) is 16.8. The summed E-state index contributed by atoms with van der Waals surface area (Å²) in [6, 6.07) is 15.9. The molecule has 7 heteroatoms. The SMILES string of the molecule is CC(CCCOc1ccc(C2Nc3cc(OCCCN4CCC([N+](C)(C)C)C4)ccc3O2)cc1)C1CCCC(N(C)C)C1. The van der Waals surface area contributed by atoms with E-state index in [4.69, 9.17) is 14.2 Å². The fraction of sp³-hybridized carbons (Fsp3) is 0.667. The van der Waals surface area contributed by atoms with E-state index in [1.54, 1.807) is 0 Å². The van der Waals surface area contributed by atoms with Crippen molar-refractivity contribution in [2.75, 3.05) is 73.4 Å². The smallest absolute Gasteiger partial charge is 0.196 e. The van der Waals surface area contributed by atoms with Gasteiger partial charge in [-0.2, -0.15) is 0 Å². The molecule has 5 rings (SSSR count). The van der Waals surface area contributed by atoms with Crippen LogP contribution in [0.2, 0.25) is 0 Å². The highest BCUT2D eigenvalue weighted by Crippen LogP contribution is 2.40. The molecule has 2 aliphatic heterocycles. The third-order valence-corrected chi connectivity index (χ3v) is 10.2. The molecule has 7 nitrogen and oxygen atoms in total. The van der Waals surface area contributed by atoms with E-state index in [1.807, 2.05) is 12.1 Å². The first-order chi connectivity index (χ1) is 20.7. The molecule has 3 aliphatic rings. The summed E-state index contributed by atoms with van der Waals surface area (Å²) in [7, 11) is 11.4. The van der Waals surface area contributed by atoms with Crippen LogP contribution in [0.1, 0.15) is 70.1 Å². The lowest BCUT2D eigenvalue weighted by molar-refractivity contribution is -0.893.